The van der Waals surface area contributed by atoms with Crippen molar-refractivity contribution in [2.45, 2.75) is 69.8 Å². The minimum atomic E-state index is -4.81. The molecule has 4 aliphatic carbocycles. The average molecular weight is 616 g/mol. The smallest absolute Gasteiger partial charge is 0.422 e. The standard InChI is InChI=1S/C30H31ClF5NO5/c1-25-9-8-19(38)10-20(25)21(32)11-22-26(2)12-16-14-37(18-6-4-17(31)5-7-18)42-30(16,24(40)41-15-28(33,34)35)27(26,3)13-23(39)29(22,25)36/h4-10,16,21-23,39H,11-15H2,1-3H3/t16-,21-,22-,23-,25-,26-,27-,29-,30-/m0/s1. The molecule has 1 aromatic rings. The number of hydrogen-bond acceptors (Lipinski definition) is 6. The predicted octanol–water partition coefficient (Wildman–Crippen LogP) is 5.87. The van der Waals surface area contributed by atoms with Gasteiger partial charge in [-0.05, 0) is 73.6 Å². The molecule has 0 amide bonds. The van der Waals surface area contributed by atoms with Gasteiger partial charge in [-0.2, -0.15) is 13.2 Å². The van der Waals surface area contributed by atoms with Crippen LogP contribution in [0.15, 0.2) is 48.1 Å². The minimum absolute atomic E-state index is 0.0475. The van der Waals surface area contributed by atoms with Crippen LogP contribution in [0.5, 0.6) is 0 Å². The first kappa shape index (κ1) is 29.6. The van der Waals surface area contributed by atoms with Gasteiger partial charge in [0.15, 0.2) is 18.1 Å². The van der Waals surface area contributed by atoms with Crippen LogP contribution in [0.2, 0.25) is 5.02 Å². The zero-order valence-electron chi connectivity index (χ0n) is 23.2. The number of alkyl halides is 5. The molecule has 0 spiro atoms. The summed E-state index contributed by atoms with van der Waals surface area (Å²) in [6, 6.07) is 6.44. The van der Waals surface area contributed by atoms with Crippen molar-refractivity contribution in [3.05, 3.63) is 53.1 Å². The molecule has 0 bridgehead atoms. The Morgan fingerprint density at radius 2 is 1.86 bits per heavy atom. The van der Waals surface area contributed by atoms with Gasteiger partial charge < -0.3 is 9.84 Å². The van der Waals surface area contributed by atoms with Gasteiger partial charge in [-0.15, -0.1) is 0 Å². The van der Waals surface area contributed by atoms with Crippen LogP contribution in [0.3, 0.4) is 0 Å². The van der Waals surface area contributed by atoms with Crippen LogP contribution in [0, 0.1) is 28.1 Å². The molecule has 228 valence electrons. The first-order valence-corrected chi connectivity index (χ1v) is 14.2. The summed E-state index contributed by atoms with van der Waals surface area (Å²) < 4.78 is 78.1. The predicted molar refractivity (Wildman–Crippen MR) is 142 cm³/mol. The van der Waals surface area contributed by atoms with Gasteiger partial charge in [0.2, 0.25) is 5.60 Å². The number of fused-ring (bicyclic) bond motifs is 7. The van der Waals surface area contributed by atoms with Gasteiger partial charge in [0.1, 0.15) is 6.17 Å². The van der Waals surface area contributed by atoms with Crippen LogP contribution in [0.1, 0.15) is 40.0 Å². The number of allylic oxidation sites excluding steroid dienone is 4. The van der Waals surface area contributed by atoms with E-state index in [9.17, 15) is 27.9 Å². The SMILES string of the molecule is C[C@]12C[C@H](O)[C@@]3(F)[C@@H](C[C@H](F)C4=CC(=O)C=C[C@@]43C)[C@]1(C)C[C@H]1CN(c3ccc(Cl)cc3)O[C@]12C(=O)OCC(F)(F)F. The van der Waals surface area contributed by atoms with Crippen molar-refractivity contribution in [2.75, 3.05) is 18.2 Å². The highest BCUT2D eigenvalue weighted by Gasteiger charge is 2.84. The largest absolute Gasteiger partial charge is 0.454 e. The van der Waals surface area contributed by atoms with Gasteiger partial charge in [0.25, 0.3) is 0 Å². The van der Waals surface area contributed by atoms with E-state index in [2.05, 4.69) is 0 Å². The number of hydroxylamine groups is 1. The second kappa shape index (κ2) is 9.01. The molecule has 1 aromatic carbocycles. The van der Waals surface area contributed by atoms with Crippen molar-refractivity contribution in [3.8, 4) is 0 Å². The summed E-state index contributed by atoms with van der Waals surface area (Å²) >= 11 is 6.02. The molecule has 6 nitrogen and oxygen atoms in total. The van der Waals surface area contributed by atoms with Crippen molar-refractivity contribution >= 4 is 29.0 Å². The number of aliphatic hydroxyl groups is 1. The molecular formula is C30H31ClF5NO5. The number of anilines is 1. The maximum atomic E-state index is 17.7. The van der Waals surface area contributed by atoms with Gasteiger partial charge in [-0.1, -0.05) is 31.5 Å². The van der Waals surface area contributed by atoms with E-state index in [1.165, 1.54) is 18.1 Å². The van der Waals surface area contributed by atoms with E-state index in [-0.39, 0.29) is 31.4 Å². The number of rotatable bonds is 3. The highest BCUT2D eigenvalue weighted by Crippen LogP contribution is 2.77. The Morgan fingerprint density at radius 3 is 2.50 bits per heavy atom. The van der Waals surface area contributed by atoms with Gasteiger partial charge in [-0.3, -0.25) is 14.7 Å². The molecule has 0 unspecified atom stereocenters. The first-order valence-electron chi connectivity index (χ1n) is 13.9. The van der Waals surface area contributed by atoms with Crippen LogP contribution in [0.4, 0.5) is 27.6 Å². The second-order valence-corrected chi connectivity index (χ2v) is 13.4. The Morgan fingerprint density at radius 1 is 1.19 bits per heavy atom. The number of esters is 1. The molecule has 1 aliphatic heterocycles. The number of hydrogen-bond donors (Lipinski definition) is 1. The summed E-state index contributed by atoms with van der Waals surface area (Å²) in [4.78, 5) is 32.3. The average Bonchev–Trinajstić information content (AvgIpc) is 3.37. The summed E-state index contributed by atoms with van der Waals surface area (Å²) in [6.07, 6.45) is -5.45. The maximum Gasteiger partial charge on any atom is 0.422 e. The van der Waals surface area contributed by atoms with Gasteiger partial charge >= 0.3 is 12.1 Å². The number of ether oxygens (including phenoxy) is 1. The molecule has 6 rings (SSSR count). The van der Waals surface area contributed by atoms with Crippen molar-refractivity contribution < 1.29 is 46.2 Å². The number of halogens is 6. The first-order chi connectivity index (χ1) is 19.4. The highest BCUT2D eigenvalue weighted by molar-refractivity contribution is 6.30. The van der Waals surface area contributed by atoms with E-state index < -0.39 is 76.2 Å². The quantitative estimate of drug-likeness (QED) is 0.339. The third kappa shape index (κ3) is 3.62. The van der Waals surface area contributed by atoms with E-state index in [0.29, 0.717) is 10.7 Å². The van der Waals surface area contributed by atoms with Crippen LogP contribution in [0.25, 0.3) is 0 Å². The number of carbonyl (C=O) groups excluding carboxylic acids is 2. The summed E-state index contributed by atoms with van der Waals surface area (Å²) in [5, 5.41) is 13.5. The molecule has 9 atom stereocenters. The Bertz CT molecular complexity index is 1400. The number of benzene rings is 1. The molecule has 4 fully saturated rings. The molecule has 1 heterocycles. The van der Waals surface area contributed by atoms with Crippen LogP contribution in [-0.4, -0.2) is 59.7 Å². The Balaban J connectivity index is 1.48. The van der Waals surface area contributed by atoms with Crippen molar-refractivity contribution in [1.82, 2.24) is 0 Å². The molecule has 0 radical (unpaired) electrons. The van der Waals surface area contributed by atoms with E-state index in [1.54, 1.807) is 38.1 Å². The molecule has 0 aromatic heterocycles. The van der Waals surface area contributed by atoms with Crippen molar-refractivity contribution in [3.63, 3.8) is 0 Å². The molecule has 3 saturated carbocycles. The second-order valence-electron chi connectivity index (χ2n) is 13.0. The lowest BCUT2D eigenvalue weighted by Gasteiger charge is -2.66. The molecule has 5 aliphatic rings. The van der Waals surface area contributed by atoms with Gasteiger partial charge in [-0.25, -0.2) is 13.6 Å². The molecular weight excluding hydrogens is 585 g/mol. The van der Waals surface area contributed by atoms with Crippen LogP contribution < -0.4 is 5.06 Å². The molecule has 1 N–H and O–H groups in total. The zero-order valence-corrected chi connectivity index (χ0v) is 23.9. The van der Waals surface area contributed by atoms with Crippen LogP contribution in [-0.2, 0) is 19.2 Å². The fourth-order valence-electron chi connectivity index (χ4n) is 9.06. The van der Waals surface area contributed by atoms with Crippen LogP contribution >= 0.6 is 11.6 Å². The highest BCUT2D eigenvalue weighted by atomic mass is 35.5. The zero-order chi connectivity index (χ0) is 30.7. The number of aliphatic hydroxyl groups excluding tert-OH is 1. The van der Waals surface area contributed by atoms with Gasteiger partial charge in [0.05, 0.1) is 18.3 Å². The van der Waals surface area contributed by atoms with E-state index in [0.717, 1.165) is 12.2 Å². The summed E-state index contributed by atoms with van der Waals surface area (Å²) in [5.41, 5.74) is -8.44. The van der Waals surface area contributed by atoms with Crippen molar-refractivity contribution in [1.29, 1.82) is 0 Å². The molecule has 12 heteroatoms. The van der Waals surface area contributed by atoms with E-state index in [4.69, 9.17) is 21.2 Å². The Hall–Kier alpha value is -2.50. The number of ketones is 1. The topological polar surface area (TPSA) is 76.1 Å². The number of nitrogens with zero attached hydrogens (tertiary/aromatic N) is 1. The van der Waals surface area contributed by atoms with E-state index >= 15 is 8.78 Å². The molecule has 1 saturated heterocycles. The molecule has 42 heavy (non-hydrogen) atoms. The van der Waals surface area contributed by atoms with Gasteiger partial charge in [0, 0.05) is 27.7 Å². The third-order valence-corrected chi connectivity index (χ3v) is 11.4. The Kier molecular flexibility index (Phi) is 6.35. The normalized spacial score (nSPS) is 44.2. The monoisotopic (exact) mass is 615 g/mol. The van der Waals surface area contributed by atoms with E-state index in [1.807, 2.05) is 0 Å². The fraction of sp³-hybridized carbons (Fsp3) is 0.600. The lowest BCUT2D eigenvalue weighted by Crippen LogP contribution is -2.73. The third-order valence-electron chi connectivity index (χ3n) is 11.2. The number of carbonyl (C=O) groups is 2. The minimum Gasteiger partial charge on any atom is -0.454 e. The fourth-order valence-corrected chi connectivity index (χ4v) is 9.19. The summed E-state index contributed by atoms with van der Waals surface area (Å²) in [5.74, 6) is -3.72. The summed E-state index contributed by atoms with van der Waals surface area (Å²) in [7, 11) is 0. The summed E-state index contributed by atoms with van der Waals surface area (Å²) in [6.45, 7) is 2.95. The lowest BCUT2D eigenvalue weighted by molar-refractivity contribution is -0.264. The lowest BCUT2D eigenvalue weighted by atomic mass is 9.40. The Labute approximate surface area is 244 Å². The maximum absolute atomic E-state index is 17.7. The van der Waals surface area contributed by atoms with Crippen molar-refractivity contribution in [2.24, 2.45) is 28.1 Å².